The number of ether oxygens (including phenoxy) is 1. The van der Waals surface area contributed by atoms with Gasteiger partial charge in [-0.25, -0.2) is 4.98 Å². The molecule has 1 heterocycles. The highest BCUT2D eigenvalue weighted by Gasteiger charge is 2.08. The van der Waals surface area contributed by atoms with Gasteiger partial charge in [0.25, 0.3) is 5.91 Å². The number of benzene rings is 2. The highest BCUT2D eigenvalue weighted by atomic mass is 32.1. The molecule has 0 aliphatic rings. The number of hydrogen-bond acceptors (Lipinski definition) is 4. The number of nitrogens with one attached hydrogen (secondary N) is 1. The van der Waals surface area contributed by atoms with Crippen LogP contribution in [0.4, 0.5) is 0 Å². The van der Waals surface area contributed by atoms with Crippen molar-refractivity contribution in [1.29, 1.82) is 0 Å². The fraction of sp³-hybridized carbons (Fsp3) is 0.273. The first kappa shape index (κ1) is 19.1. The Morgan fingerprint density at radius 3 is 2.56 bits per heavy atom. The summed E-state index contributed by atoms with van der Waals surface area (Å²) in [5.74, 6) is 0.683. The fourth-order valence-electron chi connectivity index (χ4n) is 2.53. The second kappa shape index (κ2) is 9.33. The Labute approximate surface area is 164 Å². The van der Waals surface area contributed by atoms with E-state index in [-0.39, 0.29) is 5.91 Å². The van der Waals surface area contributed by atoms with Gasteiger partial charge in [-0.3, -0.25) is 4.79 Å². The van der Waals surface area contributed by atoms with Gasteiger partial charge in [0.2, 0.25) is 0 Å². The molecule has 0 saturated carbocycles. The Morgan fingerprint density at radius 2 is 1.85 bits per heavy atom. The molecular formula is C22H24N2O2S. The molecular weight excluding hydrogens is 356 g/mol. The van der Waals surface area contributed by atoms with E-state index >= 15 is 0 Å². The number of unbranched alkanes of at least 4 members (excludes halogenated alkanes) is 1. The van der Waals surface area contributed by atoms with Gasteiger partial charge in [0.1, 0.15) is 10.8 Å². The number of thiazole rings is 1. The van der Waals surface area contributed by atoms with Gasteiger partial charge in [-0.1, -0.05) is 43.2 Å². The van der Waals surface area contributed by atoms with Gasteiger partial charge >= 0.3 is 0 Å². The predicted octanol–water partition coefficient (Wildman–Crippen LogP) is 5.23. The summed E-state index contributed by atoms with van der Waals surface area (Å²) >= 11 is 1.59. The van der Waals surface area contributed by atoms with Gasteiger partial charge in [0.15, 0.2) is 0 Å². The Kier molecular flexibility index (Phi) is 6.60. The smallest absolute Gasteiger partial charge is 0.251 e. The predicted molar refractivity (Wildman–Crippen MR) is 110 cm³/mol. The maximum Gasteiger partial charge on any atom is 0.251 e. The Morgan fingerprint density at radius 1 is 1.11 bits per heavy atom. The second-order valence-corrected chi connectivity index (χ2v) is 7.28. The van der Waals surface area contributed by atoms with Crippen molar-refractivity contribution >= 4 is 17.2 Å². The largest absolute Gasteiger partial charge is 0.494 e. The van der Waals surface area contributed by atoms with Crippen molar-refractivity contribution in [3.05, 3.63) is 70.7 Å². The molecule has 2 aromatic carbocycles. The lowest BCUT2D eigenvalue weighted by Gasteiger charge is -2.07. The van der Waals surface area contributed by atoms with Crippen LogP contribution in [0.15, 0.2) is 53.9 Å². The van der Waals surface area contributed by atoms with E-state index < -0.39 is 0 Å². The molecule has 0 unspecified atom stereocenters. The molecule has 0 aliphatic carbocycles. The molecule has 0 spiro atoms. The average Bonchev–Trinajstić information content (AvgIpc) is 3.16. The molecule has 0 fully saturated rings. The van der Waals surface area contributed by atoms with Crippen molar-refractivity contribution in [2.24, 2.45) is 0 Å². The normalized spacial score (nSPS) is 10.6. The van der Waals surface area contributed by atoms with Crippen LogP contribution in [0, 0.1) is 6.92 Å². The SMILES string of the molecule is CCCCOc1ccc(C(=O)NCc2csc(-c3ccc(C)cc3)n2)cc1. The number of carbonyl (C=O) groups is 1. The maximum atomic E-state index is 12.3. The molecule has 1 amide bonds. The maximum absolute atomic E-state index is 12.3. The first-order valence-electron chi connectivity index (χ1n) is 9.18. The lowest BCUT2D eigenvalue weighted by atomic mass is 10.2. The van der Waals surface area contributed by atoms with Crippen LogP contribution < -0.4 is 10.1 Å². The van der Waals surface area contributed by atoms with Gasteiger partial charge in [0.05, 0.1) is 18.8 Å². The van der Waals surface area contributed by atoms with E-state index in [1.807, 2.05) is 17.5 Å². The Hall–Kier alpha value is -2.66. The number of nitrogens with zero attached hydrogens (tertiary/aromatic N) is 1. The van der Waals surface area contributed by atoms with Crippen LogP contribution in [0.2, 0.25) is 0 Å². The minimum absolute atomic E-state index is 0.111. The van der Waals surface area contributed by atoms with Gasteiger partial charge in [-0.2, -0.15) is 0 Å². The van der Waals surface area contributed by atoms with Crippen LogP contribution in [-0.4, -0.2) is 17.5 Å². The zero-order valence-electron chi connectivity index (χ0n) is 15.7. The van der Waals surface area contributed by atoms with Gasteiger partial charge in [-0.05, 0) is 37.6 Å². The molecule has 4 nitrogen and oxygen atoms in total. The monoisotopic (exact) mass is 380 g/mol. The number of amides is 1. The van der Waals surface area contributed by atoms with E-state index in [2.05, 4.69) is 48.4 Å². The molecule has 1 aromatic heterocycles. The number of aryl methyl sites for hydroxylation is 1. The average molecular weight is 381 g/mol. The molecule has 0 radical (unpaired) electrons. The summed E-state index contributed by atoms with van der Waals surface area (Å²) < 4.78 is 5.62. The zero-order valence-corrected chi connectivity index (χ0v) is 16.5. The van der Waals surface area contributed by atoms with Crippen molar-refractivity contribution in [1.82, 2.24) is 10.3 Å². The van der Waals surface area contributed by atoms with Crippen molar-refractivity contribution < 1.29 is 9.53 Å². The minimum Gasteiger partial charge on any atom is -0.494 e. The third-order valence-electron chi connectivity index (χ3n) is 4.16. The summed E-state index contributed by atoms with van der Waals surface area (Å²) in [6.07, 6.45) is 2.13. The third kappa shape index (κ3) is 5.41. The molecule has 140 valence electrons. The molecule has 5 heteroatoms. The van der Waals surface area contributed by atoms with Crippen LogP contribution in [0.5, 0.6) is 5.75 Å². The van der Waals surface area contributed by atoms with E-state index in [9.17, 15) is 4.79 Å². The number of carbonyl (C=O) groups excluding carboxylic acids is 1. The zero-order chi connectivity index (χ0) is 19.1. The first-order chi connectivity index (χ1) is 13.2. The quantitative estimate of drug-likeness (QED) is 0.545. The summed E-state index contributed by atoms with van der Waals surface area (Å²) in [6, 6.07) is 15.5. The first-order valence-corrected chi connectivity index (χ1v) is 10.1. The standard InChI is InChI=1S/C22H24N2O2S/c1-3-4-13-26-20-11-9-17(10-12-20)21(25)23-14-19-15-27-22(24-19)18-7-5-16(2)6-8-18/h5-12,15H,3-4,13-14H2,1-2H3,(H,23,25). The Balaban J connectivity index is 1.54. The molecule has 0 atom stereocenters. The van der Waals surface area contributed by atoms with E-state index in [4.69, 9.17) is 4.74 Å². The van der Waals surface area contributed by atoms with Gasteiger partial charge in [-0.15, -0.1) is 11.3 Å². The van der Waals surface area contributed by atoms with Crippen molar-refractivity contribution in [3.63, 3.8) is 0 Å². The van der Waals surface area contributed by atoms with Crippen molar-refractivity contribution in [2.45, 2.75) is 33.2 Å². The summed E-state index contributed by atoms with van der Waals surface area (Å²) in [4.78, 5) is 16.9. The summed E-state index contributed by atoms with van der Waals surface area (Å²) in [7, 11) is 0. The van der Waals surface area contributed by atoms with Gasteiger partial charge in [0, 0.05) is 16.5 Å². The highest BCUT2D eigenvalue weighted by molar-refractivity contribution is 7.13. The van der Waals surface area contributed by atoms with E-state index in [0.717, 1.165) is 34.9 Å². The van der Waals surface area contributed by atoms with Crippen LogP contribution in [0.3, 0.4) is 0 Å². The molecule has 0 aliphatic heterocycles. The van der Waals surface area contributed by atoms with E-state index in [1.54, 1.807) is 23.5 Å². The number of aromatic nitrogens is 1. The fourth-order valence-corrected chi connectivity index (χ4v) is 3.35. The summed E-state index contributed by atoms with van der Waals surface area (Å²) in [5, 5.41) is 5.88. The molecule has 0 saturated heterocycles. The van der Waals surface area contributed by atoms with Crippen LogP contribution in [-0.2, 0) is 6.54 Å². The molecule has 27 heavy (non-hydrogen) atoms. The highest BCUT2D eigenvalue weighted by Crippen LogP contribution is 2.24. The molecule has 3 aromatic rings. The molecule has 1 N–H and O–H groups in total. The van der Waals surface area contributed by atoms with Gasteiger partial charge < -0.3 is 10.1 Å². The van der Waals surface area contributed by atoms with Crippen LogP contribution >= 0.6 is 11.3 Å². The van der Waals surface area contributed by atoms with Crippen molar-refractivity contribution in [2.75, 3.05) is 6.61 Å². The molecule has 3 rings (SSSR count). The topological polar surface area (TPSA) is 51.2 Å². The lowest BCUT2D eigenvalue weighted by molar-refractivity contribution is 0.0950. The van der Waals surface area contributed by atoms with E-state index in [1.165, 1.54) is 5.56 Å². The molecule has 0 bridgehead atoms. The second-order valence-electron chi connectivity index (χ2n) is 6.42. The summed E-state index contributed by atoms with van der Waals surface area (Å²) in [6.45, 7) is 5.31. The number of hydrogen-bond donors (Lipinski definition) is 1. The summed E-state index contributed by atoms with van der Waals surface area (Å²) in [5.41, 5.74) is 3.81. The van der Waals surface area contributed by atoms with Crippen LogP contribution in [0.25, 0.3) is 10.6 Å². The van der Waals surface area contributed by atoms with Crippen molar-refractivity contribution in [3.8, 4) is 16.3 Å². The third-order valence-corrected chi connectivity index (χ3v) is 5.10. The Bertz CT molecular complexity index is 870. The van der Waals surface area contributed by atoms with Crippen LogP contribution in [0.1, 0.15) is 41.4 Å². The van der Waals surface area contributed by atoms with E-state index in [0.29, 0.717) is 18.7 Å². The number of rotatable bonds is 8. The minimum atomic E-state index is -0.111. The lowest BCUT2D eigenvalue weighted by Crippen LogP contribution is -2.22.